The van der Waals surface area contributed by atoms with Crippen LogP contribution in [-0.2, 0) is 26.0 Å². The van der Waals surface area contributed by atoms with Crippen LogP contribution in [0.3, 0.4) is 0 Å². The number of hydrogen-bond donors (Lipinski definition) is 2. The van der Waals surface area contributed by atoms with E-state index in [9.17, 15) is 13.2 Å². The fourth-order valence-corrected chi connectivity index (χ4v) is 2.73. The minimum absolute atomic E-state index is 0.0111. The molecule has 0 atom stereocenters. The zero-order chi connectivity index (χ0) is 16.0. The fraction of sp³-hybridized carbons (Fsp3) is 0.500. The molecule has 1 aromatic rings. The maximum atomic E-state index is 11.8. The van der Waals surface area contributed by atoms with E-state index in [2.05, 4.69) is 10.2 Å². The molecule has 1 aliphatic heterocycles. The second-order valence-electron chi connectivity index (χ2n) is 5.18. The number of primary sulfonamides is 1. The molecule has 1 aromatic carbocycles. The third-order valence-corrected chi connectivity index (χ3v) is 4.39. The van der Waals surface area contributed by atoms with E-state index in [0.717, 1.165) is 18.7 Å². The molecule has 0 aromatic heterocycles. The molecule has 3 N–H and O–H groups in total. The highest BCUT2D eigenvalue weighted by Crippen LogP contribution is 2.08. The summed E-state index contributed by atoms with van der Waals surface area (Å²) in [6, 6.07) is 6.35. The number of nitrogens with two attached hydrogens (primary N) is 1. The Morgan fingerprint density at radius 1 is 1.23 bits per heavy atom. The van der Waals surface area contributed by atoms with Gasteiger partial charge in [0.15, 0.2) is 0 Å². The van der Waals surface area contributed by atoms with Crippen LogP contribution in [0.1, 0.15) is 5.56 Å². The Labute approximate surface area is 130 Å². The molecule has 0 spiro atoms. The first kappa shape index (κ1) is 16.9. The van der Waals surface area contributed by atoms with Gasteiger partial charge < -0.3 is 10.1 Å². The van der Waals surface area contributed by atoms with Crippen LogP contribution >= 0.6 is 0 Å². The minimum Gasteiger partial charge on any atom is -0.379 e. The van der Waals surface area contributed by atoms with Gasteiger partial charge in [-0.1, -0.05) is 12.1 Å². The van der Waals surface area contributed by atoms with Crippen LogP contribution in [-0.4, -0.2) is 58.6 Å². The molecule has 1 amide bonds. The predicted octanol–water partition coefficient (Wildman–Crippen LogP) is -0.675. The Bertz CT molecular complexity index is 595. The van der Waals surface area contributed by atoms with E-state index in [1.165, 1.54) is 12.1 Å². The average molecular weight is 327 g/mol. The standard InChI is InChI=1S/C14H21N3O4S/c15-22(19,20)13-3-1-12(2-4-13)5-6-16-14(18)11-17-7-9-21-10-8-17/h1-4H,5-11H2,(H,16,18)(H2,15,19,20). The number of ether oxygens (including phenoxy) is 1. The van der Waals surface area contributed by atoms with Gasteiger partial charge in [0, 0.05) is 19.6 Å². The number of nitrogens with one attached hydrogen (secondary N) is 1. The predicted molar refractivity (Wildman–Crippen MR) is 81.8 cm³/mol. The first-order valence-electron chi connectivity index (χ1n) is 7.14. The monoisotopic (exact) mass is 327 g/mol. The first-order chi connectivity index (χ1) is 10.4. The molecule has 0 saturated carbocycles. The highest BCUT2D eigenvalue weighted by molar-refractivity contribution is 7.89. The van der Waals surface area contributed by atoms with Crippen molar-refractivity contribution in [2.45, 2.75) is 11.3 Å². The van der Waals surface area contributed by atoms with Crippen LogP contribution in [0.25, 0.3) is 0 Å². The van der Waals surface area contributed by atoms with E-state index >= 15 is 0 Å². The van der Waals surface area contributed by atoms with Crippen molar-refractivity contribution in [3.05, 3.63) is 29.8 Å². The van der Waals surface area contributed by atoms with E-state index in [1.807, 2.05) is 0 Å². The van der Waals surface area contributed by atoms with Gasteiger partial charge in [0.25, 0.3) is 0 Å². The van der Waals surface area contributed by atoms with Crippen molar-refractivity contribution in [3.8, 4) is 0 Å². The van der Waals surface area contributed by atoms with Gasteiger partial charge in [-0.3, -0.25) is 9.69 Å². The van der Waals surface area contributed by atoms with Gasteiger partial charge in [0.05, 0.1) is 24.7 Å². The van der Waals surface area contributed by atoms with Gasteiger partial charge in [0.2, 0.25) is 15.9 Å². The quantitative estimate of drug-likeness (QED) is 0.721. The molecule has 22 heavy (non-hydrogen) atoms. The van der Waals surface area contributed by atoms with E-state index in [-0.39, 0.29) is 10.8 Å². The Morgan fingerprint density at radius 2 is 1.86 bits per heavy atom. The van der Waals surface area contributed by atoms with Crippen molar-refractivity contribution in [2.24, 2.45) is 5.14 Å². The largest absolute Gasteiger partial charge is 0.379 e. The first-order valence-corrected chi connectivity index (χ1v) is 8.68. The number of sulfonamides is 1. The van der Waals surface area contributed by atoms with Crippen molar-refractivity contribution in [2.75, 3.05) is 39.4 Å². The molecular formula is C14H21N3O4S. The Balaban J connectivity index is 1.72. The molecular weight excluding hydrogens is 306 g/mol. The summed E-state index contributed by atoms with van der Waals surface area (Å²) in [5.41, 5.74) is 0.944. The summed E-state index contributed by atoms with van der Waals surface area (Å²) in [5, 5.41) is 7.90. The second-order valence-corrected chi connectivity index (χ2v) is 6.74. The summed E-state index contributed by atoms with van der Waals surface area (Å²) in [4.78, 5) is 13.9. The van der Waals surface area contributed by atoms with Crippen LogP contribution in [0.2, 0.25) is 0 Å². The molecule has 0 aliphatic carbocycles. The van der Waals surface area contributed by atoms with Crippen LogP contribution in [0, 0.1) is 0 Å². The lowest BCUT2D eigenvalue weighted by molar-refractivity contribution is -0.123. The van der Waals surface area contributed by atoms with Crippen LogP contribution < -0.4 is 10.5 Å². The smallest absolute Gasteiger partial charge is 0.238 e. The van der Waals surface area contributed by atoms with Crippen molar-refractivity contribution in [1.82, 2.24) is 10.2 Å². The summed E-state index contributed by atoms with van der Waals surface area (Å²) in [5.74, 6) is -0.0111. The van der Waals surface area contributed by atoms with E-state index in [0.29, 0.717) is 32.7 Å². The maximum Gasteiger partial charge on any atom is 0.238 e. The molecule has 1 heterocycles. The Hall–Kier alpha value is -1.48. The van der Waals surface area contributed by atoms with Gasteiger partial charge in [-0.2, -0.15) is 0 Å². The number of amides is 1. The molecule has 0 bridgehead atoms. The molecule has 8 heteroatoms. The van der Waals surface area contributed by atoms with E-state index in [4.69, 9.17) is 9.88 Å². The number of benzene rings is 1. The topological polar surface area (TPSA) is 102 Å². The van der Waals surface area contributed by atoms with Gasteiger partial charge in [-0.25, -0.2) is 13.6 Å². The van der Waals surface area contributed by atoms with Crippen LogP contribution in [0.5, 0.6) is 0 Å². The van der Waals surface area contributed by atoms with Gasteiger partial charge in [-0.05, 0) is 24.1 Å². The highest BCUT2D eigenvalue weighted by atomic mass is 32.2. The third kappa shape index (κ3) is 5.38. The van der Waals surface area contributed by atoms with Crippen molar-refractivity contribution < 1.29 is 17.9 Å². The van der Waals surface area contributed by atoms with Crippen molar-refractivity contribution in [3.63, 3.8) is 0 Å². The normalized spacial score (nSPS) is 16.4. The fourth-order valence-electron chi connectivity index (χ4n) is 2.21. The number of rotatable bonds is 6. The lowest BCUT2D eigenvalue weighted by Crippen LogP contribution is -2.43. The summed E-state index contributed by atoms with van der Waals surface area (Å²) in [6.07, 6.45) is 0.639. The molecule has 0 unspecified atom stereocenters. The zero-order valence-electron chi connectivity index (χ0n) is 12.3. The molecule has 7 nitrogen and oxygen atoms in total. The lowest BCUT2D eigenvalue weighted by Gasteiger charge is -2.25. The zero-order valence-corrected chi connectivity index (χ0v) is 13.1. The summed E-state index contributed by atoms with van der Waals surface area (Å²) in [6.45, 7) is 3.80. The second kappa shape index (κ2) is 7.68. The van der Waals surface area contributed by atoms with Gasteiger partial charge in [0.1, 0.15) is 0 Å². The van der Waals surface area contributed by atoms with E-state index in [1.54, 1.807) is 12.1 Å². The number of carbonyl (C=O) groups is 1. The Kier molecular flexibility index (Phi) is 5.90. The maximum absolute atomic E-state index is 11.8. The van der Waals surface area contributed by atoms with Crippen LogP contribution in [0.15, 0.2) is 29.2 Å². The highest BCUT2D eigenvalue weighted by Gasteiger charge is 2.13. The van der Waals surface area contributed by atoms with Crippen LogP contribution in [0.4, 0.5) is 0 Å². The molecule has 122 valence electrons. The average Bonchev–Trinajstić information content (AvgIpc) is 2.48. The van der Waals surface area contributed by atoms with Gasteiger partial charge in [-0.15, -0.1) is 0 Å². The van der Waals surface area contributed by atoms with Crippen molar-refractivity contribution in [1.29, 1.82) is 0 Å². The summed E-state index contributed by atoms with van der Waals surface area (Å²) >= 11 is 0. The Morgan fingerprint density at radius 3 is 2.45 bits per heavy atom. The number of morpholine rings is 1. The van der Waals surface area contributed by atoms with Gasteiger partial charge >= 0.3 is 0 Å². The summed E-state index contributed by atoms with van der Waals surface area (Å²) < 4.78 is 27.5. The minimum atomic E-state index is -3.66. The molecule has 0 radical (unpaired) electrons. The third-order valence-electron chi connectivity index (χ3n) is 3.46. The summed E-state index contributed by atoms with van der Waals surface area (Å²) in [7, 11) is -3.66. The molecule has 1 fully saturated rings. The molecule has 1 aliphatic rings. The number of nitrogens with zero attached hydrogens (tertiary/aromatic N) is 1. The molecule has 2 rings (SSSR count). The van der Waals surface area contributed by atoms with E-state index < -0.39 is 10.0 Å². The molecule has 1 saturated heterocycles. The number of hydrogen-bond acceptors (Lipinski definition) is 5. The SMILES string of the molecule is NS(=O)(=O)c1ccc(CCNC(=O)CN2CCOCC2)cc1. The van der Waals surface area contributed by atoms with Crippen molar-refractivity contribution >= 4 is 15.9 Å². The lowest BCUT2D eigenvalue weighted by atomic mass is 10.1. The number of carbonyl (C=O) groups excluding carboxylic acids is 1.